The van der Waals surface area contributed by atoms with Crippen molar-refractivity contribution in [2.45, 2.75) is 38.6 Å². The standard InChI is InChI=1S/C27H31N7O2/c1-18-31-22-12-11-19(16-23(22)32-18)36-15-7-4-10-24(35)29-13-5-6-14-34-17-30-25-26(34)20-8-2-3-9-21(20)33-27(25)28/h2-3,8-9,11-12,16-17,31-32H,1,4-7,10,13-15H2,(H2,28,33)(H,29,35). The van der Waals surface area contributed by atoms with Gasteiger partial charge in [-0.15, -0.1) is 0 Å². The first-order valence-corrected chi connectivity index (χ1v) is 12.3. The van der Waals surface area contributed by atoms with E-state index in [-0.39, 0.29) is 5.91 Å². The summed E-state index contributed by atoms with van der Waals surface area (Å²) in [6.45, 7) is 5.90. The normalized spacial score (nSPS) is 12.4. The number of rotatable bonds is 11. The van der Waals surface area contributed by atoms with Gasteiger partial charge in [0.2, 0.25) is 5.91 Å². The van der Waals surface area contributed by atoms with Crippen LogP contribution in [0.1, 0.15) is 32.1 Å². The highest BCUT2D eigenvalue weighted by Gasteiger charge is 2.13. The molecule has 1 aliphatic rings. The Morgan fingerprint density at radius 1 is 1.08 bits per heavy atom. The molecule has 9 heteroatoms. The Bertz CT molecular complexity index is 1410. The van der Waals surface area contributed by atoms with Gasteiger partial charge in [0.05, 0.1) is 35.3 Å². The molecule has 9 nitrogen and oxygen atoms in total. The molecule has 5 N–H and O–H groups in total. The van der Waals surface area contributed by atoms with Crippen molar-refractivity contribution in [1.29, 1.82) is 0 Å². The molecule has 0 saturated heterocycles. The SMILES string of the molecule is C=C1Nc2ccc(OCCCCC(=O)NCCCCn3cnc4c(N)nc5ccccc5c43)cc2N1. The van der Waals surface area contributed by atoms with E-state index in [4.69, 9.17) is 10.5 Å². The van der Waals surface area contributed by atoms with Gasteiger partial charge in [-0.05, 0) is 43.9 Å². The lowest BCUT2D eigenvalue weighted by molar-refractivity contribution is -0.121. The van der Waals surface area contributed by atoms with E-state index < -0.39 is 0 Å². The fourth-order valence-electron chi connectivity index (χ4n) is 4.46. The molecule has 1 aliphatic heterocycles. The van der Waals surface area contributed by atoms with Crippen LogP contribution < -0.4 is 26.4 Å². The Morgan fingerprint density at radius 3 is 2.86 bits per heavy atom. The first kappa shape index (κ1) is 23.5. The zero-order valence-electron chi connectivity index (χ0n) is 20.2. The van der Waals surface area contributed by atoms with Gasteiger partial charge < -0.3 is 31.0 Å². The van der Waals surface area contributed by atoms with E-state index in [1.165, 1.54) is 0 Å². The molecule has 0 atom stereocenters. The van der Waals surface area contributed by atoms with Crippen molar-refractivity contribution in [1.82, 2.24) is 19.9 Å². The van der Waals surface area contributed by atoms with E-state index in [9.17, 15) is 4.79 Å². The van der Waals surface area contributed by atoms with Crippen LogP contribution in [0, 0.1) is 0 Å². The monoisotopic (exact) mass is 485 g/mol. The second-order valence-electron chi connectivity index (χ2n) is 8.95. The Hall–Kier alpha value is -4.27. The molecule has 0 saturated carbocycles. The minimum atomic E-state index is 0.0826. The van der Waals surface area contributed by atoms with Crippen molar-refractivity contribution in [2.24, 2.45) is 0 Å². The van der Waals surface area contributed by atoms with Crippen molar-refractivity contribution >= 4 is 45.0 Å². The fraction of sp³-hybridized carbons (Fsp3) is 0.296. The summed E-state index contributed by atoms with van der Waals surface area (Å²) in [4.78, 5) is 21.1. The molecule has 186 valence electrons. The number of nitrogens with two attached hydrogens (primary N) is 1. The number of nitrogen functional groups attached to an aromatic ring is 1. The zero-order valence-corrected chi connectivity index (χ0v) is 20.2. The Kier molecular flexibility index (Phi) is 6.88. The van der Waals surface area contributed by atoms with Gasteiger partial charge in [0.25, 0.3) is 0 Å². The molecule has 1 amide bonds. The van der Waals surface area contributed by atoms with E-state index in [0.29, 0.717) is 25.4 Å². The maximum Gasteiger partial charge on any atom is 0.219 e. The van der Waals surface area contributed by atoms with Crippen LogP contribution in [0.4, 0.5) is 17.2 Å². The summed E-state index contributed by atoms with van der Waals surface area (Å²) in [5, 5.41) is 10.4. The number of carbonyl (C=O) groups excluding carboxylic acids is 1. The molecule has 0 unspecified atom stereocenters. The number of nitrogens with zero attached hydrogens (tertiary/aromatic N) is 3. The third-order valence-electron chi connectivity index (χ3n) is 6.26. The number of unbranched alkanes of at least 4 members (excludes halogenated alkanes) is 2. The van der Waals surface area contributed by atoms with Gasteiger partial charge in [-0.25, -0.2) is 9.97 Å². The van der Waals surface area contributed by atoms with Crippen LogP contribution in [0.3, 0.4) is 0 Å². The molecule has 0 spiro atoms. The summed E-state index contributed by atoms with van der Waals surface area (Å²) < 4.78 is 7.94. The van der Waals surface area contributed by atoms with Gasteiger partial charge in [-0.1, -0.05) is 24.8 Å². The topological polar surface area (TPSA) is 119 Å². The predicted octanol–water partition coefficient (Wildman–Crippen LogP) is 4.62. The number of aryl methyl sites for hydroxylation is 1. The maximum absolute atomic E-state index is 12.2. The number of pyridine rings is 1. The van der Waals surface area contributed by atoms with E-state index in [0.717, 1.165) is 77.1 Å². The number of para-hydroxylation sites is 1. The number of amides is 1. The van der Waals surface area contributed by atoms with Crippen LogP contribution in [0.2, 0.25) is 0 Å². The van der Waals surface area contributed by atoms with Crippen LogP contribution >= 0.6 is 0 Å². The smallest absolute Gasteiger partial charge is 0.219 e. The van der Waals surface area contributed by atoms with Crippen LogP contribution in [0.15, 0.2) is 61.2 Å². The van der Waals surface area contributed by atoms with E-state index in [1.807, 2.05) is 48.8 Å². The predicted molar refractivity (Wildman–Crippen MR) is 144 cm³/mol. The number of fused-ring (bicyclic) bond motifs is 4. The van der Waals surface area contributed by atoms with Gasteiger partial charge in [-0.3, -0.25) is 4.79 Å². The van der Waals surface area contributed by atoms with Crippen LogP contribution in [-0.4, -0.2) is 33.6 Å². The number of imidazole rings is 1. The molecule has 0 radical (unpaired) electrons. The lowest BCUT2D eigenvalue weighted by Gasteiger charge is -2.09. The van der Waals surface area contributed by atoms with Crippen molar-refractivity contribution < 1.29 is 9.53 Å². The minimum Gasteiger partial charge on any atom is -0.494 e. The van der Waals surface area contributed by atoms with Gasteiger partial charge >= 0.3 is 0 Å². The number of benzene rings is 2. The number of ether oxygens (including phenoxy) is 1. The number of hydrogen-bond acceptors (Lipinski definition) is 7. The van der Waals surface area contributed by atoms with Gasteiger partial charge in [0.15, 0.2) is 5.82 Å². The molecular formula is C27H31N7O2. The Balaban J connectivity index is 0.989. The van der Waals surface area contributed by atoms with Crippen molar-refractivity contribution in [3.05, 3.63) is 61.2 Å². The molecule has 0 fully saturated rings. The molecule has 5 rings (SSSR count). The van der Waals surface area contributed by atoms with Gasteiger partial charge in [0.1, 0.15) is 17.1 Å². The molecule has 2 aromatic carbocycles. The average molecular weight is 486 g/mol. The highest BCUT2D eigenvalue weighted by molar-refractivity contribution is 6.06. The van der Waals surface area contributed by atoms with Gasteiger partial charge in [0, 0.05) is 31.0 Å². The number of hydrogen-bond donors (Lipinski definition) is 4. The molecule has 2 aromatic heterocycles. The third-order valence-corrected chi connectivity index (χ3v) is 6.26. The molecular weight excluding hydrogens is 454 g/mol. The lowest BCUT2D eigenvalue weighted by Crippen LogP contribution is -2.24. The van der Waals surface area contributed by atoms with E-state index in [1.54, 1.807) is 0 Å². The van der Waals surface area contributed by atoms with Crippen molar-refractivity contribution in [3.63, 3.8) is 0 Å². The number of aromatic nitrogens is 3. The maximum atomic E-state index is 12.2. The highest BCUT2D eigenvalue weighted by Crippen LogP contribution is 2.33. The average Bonchev–Trinajstić information content (AvgIpc) is 3.46. The number of nitrogens with one attached hydrogen (secondary N) is 3. The molecule has 3 heterocycles. The van der Waals surface area contributed by atoms with Gasteiger partial charge in [-0.2, -0.15) is 0 Å². The highest BCUT2D eigenvalue weighted by atomic mass is 16.5. The summed E-state index contributed by atoms with van der Waals surface area (Å²) in [5.74, 6) is 2.10. The third kappa shape index (κ3) is 5.19. The first-order chi connectivity index (χ1) is 17.6. The Labute approximate surface area is 209 Å². The summed E-state index contributed by atoms with van der Waals surface area (Å²) in [6.07, 6.45) is 5.75. The summed E-state index contributed by atoms with van der Waals surface area (Å²) in [7, 11) is 0. The fourth-order valence-corrected chi connectivity index (χ4v) is 4.46. The lowest BCUT2D eigenvalue weighted by atomic mass is 10.2. The minimum absolute atomic E-state index is 0.0826. The number of anilines is 3. The summed E-state index contributed by atoms with van der Waals surface area (Å²) in [6, 6.07) is 13.8. The summed E-state index contributed by atoms with van der Waals surface area (Å²) >= 11 is 0. The molecule has 4 aromatic rings. The van der Waals surface area contributed by atoms with Crippen LogP contribution in [0.5, 0.6) is 5.75 Å². The molecule has 0 bridgehead atoms. The van der Waals surface area contributed by atoms with E-state index in [2.05, 4.69) is 37.1 Å². The van der Waals surface area contributed by atoms with Crippen molar-refractivity contribution in [2.75, 3.05) is 29.5 Å². The zero-order chi connectivity index (χ0) is 24.9. The second-order valence-corrected chi connectivity index (χ2v) is 8.95. The first-order valence-electron chi connectivity index (χ1n) is 12.3. The van der Waals surface area contributed by atoms with Crippen molar-refractivity contribution in [3.8, 4) is 5.75 Å². The van der Waals surface area contributed by atoms with E-state index >= 15 is 0 Å². The quantitative estimate of drug-likeness (QED) is 0.229. The van der Waals surface area contributed by atoms with Crippen LogP contribution in [-0.2, 0) is 11.3 Å². The molecule has 36 heavy (non-hydrogen) atoms. The largest absolute Gasteiger partial charge is 0.494 e. The Morgan fingerprint density at radius 2 is 1.94 bits per heavy atom. The second kappa shape index (κ2) is 10.6. The van der Waals surface area contributed by atoms with Crippen LogP contribution in [0.25, 0.3) is 21.9 Å². The molecule has 0 aliphatic carbocycles. The number of carbonyl (C=O) groups is 1. The summed E-state index contributed by atoms with van der Waals surface area (Å²) in [5.41, 5.74) is 10.7.